The molecule has 0 spiro atoms. The average molecular weight is 333 g/mol. The Morgan fingerprint density at radius 1 is 1.00 bits per heavy atom. The zero-order valence-corrected chi connectivity index (χ0v) is 14.6. The largest absolute Gasteiger partial charge is 0.393 e. The number of hydrogen-bond acceptors (Lipinski definition) is 2. The van der Waals surface area contributed by atoms with Crippen LogP contribution >= 0.6 is 12.2 Å². The summed E-state index contributed by atoms with van der Waals surface area (Å²) in [6, 6.07) is 10.1. The minimum atomic E-state index is -0.186. The van der Waals surface area contributed by atoms with E-state index in [1.165, 1.54) is 25.7 Å². The van der Waals surface area contributed by atoms with Crippen LogP contribution in [-0.4, -0.2) is 21.9 Å². The van der Waals surface area contributed by atoms with E-state index in [1.807, 2.05) is 30.3 Å². The predicted molar refractivity (Wildman–Crippen MR) is 99.6 cm³/mol. The number of aliphatic hydroxyl groups is 1. The number of anilines is 1. The number of para-hydroxylation sites is 1. The van der Waals surface area contributed by atoms with Crippen LogP contribution in [0, 0.1) is 5.92 Å². The number of thiocarbonyl (C=S) groups is 1. The summed E-state index contributed by atoms with van der Waals surface area (Å²) < 4.78 is 0. The lowest BCUT2D eigenvalue weighted by Gasteiger charge is -2.48. The molecule has 2 aliphatic rings. The van der Waals surface area contributed by atoms with Gasteiger partial charge in [0.1, 0.15) is 0 Å². The lowest BCUT2D eigenvalue weighted by molar-refractivity contribution is 0.00314. The first-order valence-corrected chi connectivity index (χ1v) is 9.43. The summed E-state index contributed by atoms with van der Waals surface area (Å²) in [6.07, 6.45) is 10.2. The van der Waals surface area contributed by atoms with Crippen LogP contribution < -0.4 is 10.6 Å². The van der Waals surface area contributed by atoms with Crippen molar-refractivity contribution < 1.29 is 5.11 Å². The highest BCUT2D eigenvalue weighted by Gasteiger charge is 2.44. The molecule has 0 radical (unpaired) electrons. The first-order chi connectivity index (χ1) is 11.2. The molecule has 0 bridgehead atoms. The SMILES string of the molecule is O[C@H]1CCCC[C@H]1C1(NC(=S)Nc2ccccc2)CCCCC1. The molecule has 0 amide bonds. The van der Waals surface area contributed by atoms with E-state index in [-0.39, 0.29) is 11.6 Å². The lowest BCUT2D eigenvalue weighted by atomic mass is 9.66. The Morgan fingerprint density at radius 2 is 1.70 bits per heavy atom. The van der Waals surface area contributed by atoms with E-state index in [0.29, 0.717) is 11.0 Å². The molecule has 2 fully saturated rings. The van der Waals surface area contributed by atoms with Gasteiger partial charge in [-0.3, -0.25) is 0 Å². The molecule has 0 heterocycles. The molecule has 2 aliphatic carbocycles. The van der Waals surface area contributed by atoms with Gasteiger partial charge in [-0.15, -0.1) is 0 Å². The van der Waals surface area contributed by atoms with Gasteiger partial charge in [-0.05, 0) is 50.0 Å². The Hall–Kier alpha value is -1.13. The van der Waals surface area contributed by atoms with Crippen molar-refractivity contribution in [3.63, 3.8) is 0 Å². The topological polar surface area (TPSA) is 44.3 Å². The molecule has 0 unspecified atom stereocenters. The average Bonchev–Trinajstić information content (AvgIpc) is 2.57. The van der Waals surface area contributed by atoms with E-state index in [4.69, 9.17) is 12.2 Å². The Bertz CT molecular complexity index is 513. The maximum absolute atomic E-state index is 10.6. The van der Waals surface area contributed by atoms with Gasteiger partial charge in [0.25, 0.3) is 0 Å². The van der Waals surface area contributed by atoms with Crippen LogP contribution in [0.5, 0.6) is 0 Å². The van der Waals surface area contributed by atoms with E-state index >= 15 is 0 Å². The van der Waals surface area contributed by atoms with Crippen LogP contribution in [0.4, 0.5) is 5.69 Å². The van der Waals surface area contributed by atoms with Gasteiger partial charge < -0.3 is 15.7 Å². The molecule has 0 saturated heterocycles. The maximum Gasteiger partial charge on any atom is 0.171 e. The molecule has 126 valence electrons. The predicted octanol–water partition coefficient (Wildman–Crippen LogP) is 4.23. The van der Waals surface area contributed by atoms with Gasteiger partial charge in [0, 0.05) is 17.1 Å². The molecule has 0 aromatic heterocycles. The smallest absolute Gasteiger partial charge is 0.171 e. The van der Waals surface area contributed by atoms with Crippen molar-refractivity contribution in [3.8, 4) is 0 Å². The molecular weight excluding hydrogens is 304 g/mol. The van der Waals surface area contributed by atoms with Gasteiger partial charge in [0.15, 0.2) is 5.11 Å². The van der Waals surface area contributed by atoms with E-state index in [1.54, 1.807) is 0 Å². The van der Waals surface area contributed by atoms with Gasteiger partial charge in [0.05, 0.1) is 6.10 Å². The van der Waals surface area contributed by atoms with Crippen molar-refractivity contribution >= 4 is 23.0 Å². The van der Waals surface area contributed by atoms with Crippen molar-refractivity contribution in [3.05, 3.63) is 30.3 Å². The number of rotatable bonds is 3. The van der Waals surface area contributed by atoms with Crippen LogP contribution in [0.2, 0.25) is 0 Å². The molecule has 2 atom stereocenters. The number of aliphatic hydroxyl groups excluding tert-OH is 1. The normalized spacial score (nSPS) is 27.2. The quantitative estimate of drug-likeness (QED) is 0.725. The van der Waals surface area contributed by atoms with Crippen molar-refractivity contribution in [2.24, 2.45) is 5.92 Å². The third-order valence-electron chi connectivity index (χ3n) is 5.58. The van der Waals surface area contributed by atoms with Gasteiger partial charge in [-0.25, -0.2) is 0 Å². The second kappa shape index (κ2) is 7.63. The lowest BCUT2D eigenvalue weighted by Crippen LogP contribution is -2.59. The zero-order chi connectivity index (χ0) is 16.1. The summed E-state index contributed by atoms with van der Waals surface area (Å²) in [4.78, 5) is 0. The molecule has 4 heteroatoms. The van der Waals surface area contributed by atoms with Crippen molar-refractivity contribution in [1.29, 1.82) is 0 Å². The minimum absolute atomic E-state index is 0.0308. The maximum atomic E-state index is 10.6. The van der Waals surface area contributed by atoms with Crippen molar-refractivity contribution in [2.75, 3.05) is 5.32 Å². The third kappa shape index (κ3) is 4.04. The molecule has 3 nitrogen and oxygen atoms in total. The van der Waals surface area contributed by atoms with Crippen LogP contribution in [0.25, 0.3) is 0 Å². The molecule has 3 N–H and O–H groups in total. The second-order valence-electron chi connectivity index (χ2n) is 7.12. The first-order valence-electron chi connectivity index (χ1n) is 9.02. The van der Waals surface area contributed by atoms with Gasteiger partial charge in [0.2, 0.25) is 0 Å². The summed E-state index contributed by atoms with van der Waals surface area (Å²) in [5, 5.41) is 18.2. The summed E-state index contributed by atoms with van der Waals surface area (Å²) in [7, 11) is 0. The minimum Gasteiger partial charge on any atom is -0.393 e. The van der Waals surface area contributed by atoms with Crippen molar-refractivity contribution in [1.82, 2.24) is 5.32 Å². The van der Waals surface area contributed by atoms with Gasteiger partial charge in [-0.2, -0.15) is 0 Å². The van der Waals surface area contributed by atoms with E-state index in [0.717, 1.165) is 37.8 Å². The monoisotopic (exact) mass is 332 g/mol. The number of benzene rings is 1. The standard InChI is InChI=1S/C19H28N2OS/c22-17-12-6-5-11-16(17)19(13-7-2-8-14-19)21-18(23)20-15-9-3-1-4-10-15/h1,3-4,9-10,16-17,22H,2,5-8,11-14H2,(H2,20,21,23)/t16-,17+/m1/s1. The molecule has 1 aromatic carbocycles. The van der Waals surface area contributed by atoms with Gasteiger partial charge in [-0.1, -0.05) is 50.3 Å². The molecule has 0 aliphatic heterocycles. The summed E-state index contributed by atoms with van der Waals surface area (Å²) >= 11 is 5.59. The Kier molecular flexibility index (Phi) is 5.54. The Labute approximate surface area is 144 Å². The molecule has 23 heavy (non-hydrogen) atoms. The van der Waals surface area contributed by atoms with Crippen LogP contribution in [0.1, 0.15) is 57.8 Å². The fourth-order valence-corrected chi connectivity index (χ4v) is 4.76. The first kappa shape index (κ1) is 16.7. The summed E-state index contributed by atoms with van der Waals surface area (Å²) in [6.45, 7) is 0. The molecule has 3 rings (SSSR count). The van der Waals surface area contributed by atoms with E-state index in [2.05, 4.69) is 10.6 Å². The van der Waals surface area contributed by atoms with Crippen LogP contribution in [-0.2, 0) is 0 Å². The highest BCUT2D eigenvalue weighted by molar-refractivity contribution is 7.80. The fourth-order valence-electron chi connectivity index (χ4n) is 4.44. The molecule has 1 aromatic rings. The highest BCUT2D eigenvalue weighted by atomic mass is 32.1. The molecule has 2 saturated carbocycles. The zero-order valence-electron chi connectivity index (χ0n) is 13.8. The van der Waals surface area contributed by atoms with Crippen LogP contribution in [0.3, 0.4) is 0 Å². The van der Waals surface area contributed by atoms with E-state index in [9.17, 15) is 5.11 Å². The van der Waals surface area contributed by atoms with Crippen molar-refractivity contribution in [2.45, 2.75) is 69.4 Å². The molecular formula is C19H28N2OS. The van der Waals surface area contributed by atoms with Crippen LogP contribution in [0.15, 0.2) is 30.3 Å². The second-order valence-corrected chi connectivity index (χ2v) is 7.53. The fraction of sp³-hybridized carbons (Fsp3) is 0.632. The third-order valence-corrected chi connectivity index (χ3v) is 5.78. The Balaban J connectivity index is 1.72. The Morgan fingerprint density at radius 3 is 2.39 bits per heavy atom. The van der Waals surface area contributed by atoms with Gasteiger partial charge >= 0.3 is 0 Å². The van der Waals surface area contributed by atoms with E-state index < -0.39 is 0 Å². The summed E-state index contributed by atoms with van der Waals surface area (Å²) in [5.41, 5.74) is 0.983. The summed E-state index contributed by atoms with van der Waals surface area (Å²) in [5.74, 6) is 0.326. The highest BCUT2D eigenvalue weighted by Crippen LogP contribution is 2.41. The number of hydrogen-bond donors (Lipinski definition) is 3. The number of nitrogens with one attached hydrogen (secondary N) is 2.